The minimum atomic E-state index is -0.254. The second-order valence-corrected chi connectivity index (χ2v) is 5.87. The first-order valence-corrected chi connectivity index (χ1v) is 8.65. The quantitative estimate of drug-likeness (QED) is 0.403. The number of nitrogens with zero attached hydrogens (tertiary/aromatic N) is 1. The van der Waals surface area contributed by atoms with Crippen molar-refractivity contribution < 1.29 is 18.6 Å². The maximum atomic E-state index is 13.0. The Bertz CT molecular complexity index is 519. The Balaban J connectivity index is 1.65. The summed E-state index contributed by atoms with van der Waals surface area (Å²) in [6, 6.07) is 6.32. The Kier molecular flexibility index (Phi) is 8.65. The van der Waals surface area contributed by atoms with Gasteiger partial charge in [0.15, 0.2) is 5.96 Å². The van der Waals surface area contributed by atoms with Gasteiger partial charge in [0.05, 0.1) is 18.8 Å². The second-order valence-electron chi connectivity index (χ2n) is 5.87. The first kappa shape index (κ1) is 19.6. The van der Waals surface area contributed by atoms with Crippen LogP contribution in [0.5, 0.6) is 0 Å². The molecule has 0 amide bonds. The molecule has 1 aromatic carbocycles. The normalized spacial score (nSPS) is 19.0. The molecule has 2 atom stereocenters. The van der Waals surface area contributed by atoms with Crippen LogP contribution in [-0.2, 0) is 14.2 Å². The molecule has 0 bridgehead atoms. The summed E-state index contributed by atoms with van der Waals surface area (Å²) in [4.78, 5) is 4.20. The number of guanidine groups is 1. The third-order valence-electron chi connectivity index (χ3n) is 4.06. The van der Waals surface area contributed by atoms with Crippen molar-refractivity contribution >= 4 is 5.96 Å². The van der Waals surface area contributed by atoms with Crippen molar-refractivity contribution in [3.8, 4) is 0 Å². The van der Waals surface area contributed by atoms with Crippen molar-refractivity contribution in [2.45, 2.75) is 25.0 Å². The minimum absolute atomic E-state index is 0.176. The lowest BCUT2D eigenvalue weighted by molar-refractivity contribution is 0.0419. The molecule has 1 fully saturated rings. The smallest absolute Gasteiger partial charge is 0.191 e. The Morgan fingerprint density at radius 3 is 2.80 bits per heavy atom. The molecule has 0 radical (unpaired) electrons. The maximum absolute atomic E-state index is 13.0. The largest absolute Gasteiger partial charge is 0.379 e. The number of hydrogen-bond acceptors (Lipinski definition) is 4. The van der Waals surface area contributed by atoms with Crippen LogP contribution in [0.4, 0.5) is 4.39 Å². The zero-order valence-electron chi connectivity index (χ0n) is 15.0. The van der Waals surface area contributed by atoms with Gasteiger partial charge in [-0.05, 0) is 30.5 Å². The van der Waals surface area contributed by atoms with E-state index in [2.05, 4.69) is 15.6 Å². The number of methoxy groups -OCH3 is 1. The van der Waals surface area contributed by atoms with Gasteiger partial charge in [-0.15, -0.1) is 0 Å². The molecule has 0 aliphatic carbocycles. The van der Waals surface area contributed by atoms with Gasteiger partial charge in [0, 0.05) is 40.5 Å². The number of rotatable bonds is 9. The standard InChI is InChI=1S/C18H28FN3O3/c1-20-18(21-9-3-10-25-16-8-11-24-13-16)22-12-17(23-2)14-4-6-15(19)7-5-14/h4-7,16-17H,3,8-13H2,1-2H3,(H2,20,21,22). The highest BCUT2D eigenvalue weighted by Crippen LogP contribution is 2.16. The molecule has 140 valence electrons. The molecule has 0 saturated carbocycles. The van der Waals surface area contributed by atoms with Crippen LogP contribution in [0.15, 0.2) is 29.3 Å². The van der Waals surface area contributed by atoms with Gasteiger partial charge in [-0.1, -0.05) is 12.1 Å². The van der Waals surface area contributed by atoms with Gasteiger partial charge in [0.25, 0.3) is 0 Å². The molecular formula is C18H28FN3O3. The topological polar surface area (TPSA) is 64.1 Å². The van der Waals surface area contributed by atoms with Crippen molar-refractivity contribution in [3.05, 3.63) is 35.6 Å². The maximum Gasteiger partial charge on any atom is 0.191 e. The molecular weight excluding hydrogens is 325 g/mol. The van der Waals surface area contributed by atoms with Gasteiger partial charge in [0.1, 0.15) is 5.82 Å². The van der Waals surface area contributed by atoms with E-state index in [4.69, 9.17) is 14.2 Å². The minimum Gasteiger partial charge on any atom is -0.379 e. The zero-order chi connectivity index (χ0) is 17.9. The molecule has 1 saturated heterocycles. The predicted molar refractivity (Wildman–Crippen MR) is 95.3 cm³/mol. The summed E-state index contributed by atoms with van der Waals surface area (Å²) in [6.45, 7) is 3.51. The van der Waals surface area contributed by atoms with Crippen LogP contribution in [0, 0.1) is 5.82 Å². The molecule has 0 aromatic heterocycles. The van der Waals surface area contributed by atoms with Gasteiger partial charge in [-0.25, -0.2) is 4.39 Å². The summed E-state index contributed by atoms with van der Waals surface area (Å²) in [7, 11) is 3.36. The molecule has 2 N–H and O–H groups in total. The van der Waals surface area contributed by atoms with Crippen LogP contribution in [0.3, 0.4) is 0 Å². The summed E-state index contributed by atoms with van der Waals surface area (Å²) < 4.78 is 29.5. The number of ether oxygens (including phenoxy) is 3. The van der Waals surface area contributed by atoms with Crippen LogP contribution >= 0.6 is 0 Å². The van der Waals surface area contributed by atoms with Crippen molar-refractivity contribution in [2.75, 3.05) is 47.1 Å². The van der Waals surface area contributed by atoms with E-state index in [0.717, 1.165) is 31.6 Å². The lowest BCUT2D eigenvalue weighted by Crippen LogP contribution is -2.40. The molecule has 0 spiro atoms. The summed E-state index contributed by atoms with van der Waals surface area (Å²) in [5.74, 6) is 0.448. The Hall–Kier alpha value is -1.70. The van der Waals surface area contributed by atoms with E-state index < -0.39 is 0 Å². The third-order valence-corrected chi connectivity index (χ3v) is 4.06. The highest BCUT2D eigenvalue weighted by atomic mass is 19.1. The van der Waals surface area contributed by atoms with Crippen LogP contribution in [0.2, 0.25) is 0 Å². The van der Waals surface area contributed by atoms with E-state index in [0.29, 0.717) is 25.7 Å². The summed E-state index contributed by atoms with van der Waals surface area (Å²) >= 11 is 0. The van der Waals surface area contributed by atoms with E-state index >= 15 is 0 Å². The predicted octanol–water partition coefficient (Wildman–Crippen LogP) is 1.87. The Morgan fingerprint density at radius 1 is 1.36 bits per heavy atom. The van der Waals surface area contributed by atoms with E-state index in [1.54, 1.807) is 26.3 Å². The van der Waals surface area contributed by atoms with Crippen molar-refractivity contribution in [2.24, 2.45) is 4.99 Å². The highest BCUT2D eigenvalue weighted by Gasteiger charge is 2.15. The molecule has 1 heterocycles. The van der Waals surface area contributed by atoms with Crippen LogP contribution < -0.4 is 10.6 Å². The molecule has 7 heteroatoms. The monoisotopic (exact) mass is 353 g/mol. The van der Waals surface area contributed by atoms with Crippen LogP contribution in [0.1, 0.15) is 24.5 Å². The van der Waals surface area contributed by atoms with E-state index in [1.165, 1.54) is 12.1 Å². The molecule has 1 aliphatic heterocycles. The van der Waals surface area contributed by atoms with Crippen molar-refractivity contribution in [3.63, 3.8) is 0 Å². The second kappa shape index (κ2) is 11.0. The summed E-state index contributed by atoms with van der Waals surface area (Å²) in [5.41, 5.74) is 0.916. The van der Waals surface area contributed by atoms with Gasteiger partial charge in [-0.2, -0.15) is 0 Å². The van der Waals surface area contributed by atoms with E-state index in [1.807, 2.05) is 0 Å². The third kappa shape index (κ3) is 6.97. The van der Waals surface area contributed by atoms with Gasteiger partial charge >= 0.3 is 0 Å². The van der Waals surface area contributed by atoms with Gasteiger partial charge in [0.2, 0.25) is 0 Å². The fourth-order valence-electron chi connectivity index (χ4n) is 2.60. The Labute approximate surface area is 148 Å². The number of benzene rings is 1. The highest BCUT2D eigenvalue weighted by molar-refractivity contribution is 5.79. The van der Waals surface area contributed by atoms with Crippen molar-refractivity contribution in [1.29, 1.82) is 0 Å². The molecule has 1 aromatic rings. The number of aliphatic imine (C=N–C) groups is 1. The zero-order valence-corrected chi connectivity index (χ0v) is 15.0. The van der Waals surface area contributed by atoms with Gasteiger partial charge in [-0.3, -0.25) is 4.99 Å². The first-order valence-electron chi connectivity index (χ1n) is 8.65. The van der Waals surface area contributed by atoms with Crippen LogP contribution in [-0.4, -0.2) is 59.1 Å². The van der Waals surface area contributed by atoms with Crippen LogP contribution in [0.25, 0.3) is 0 Å². The van der Waals surface area contributed by atoms with Crippen molar-refractivity contribution in [1.82, 2.24) is 10.6 Å². The SMILES string of the molecule is CN=C(NCCCOC1CCOC1)NCC(OC)c1ccc(F)cc1. The fourth-order valence-corrected chi connectivity index (χ4v) is 2.60. The number of hydrogen-bond donors (Lipinski definition) is 2. The summed E-state index contributed by atoms with van der Waals surface area (Å²) in [6.07, 6.45) is 1.95. The average molecular weight is 353 g/mol. The average Bonchev–Trinajstić information content (AvgIpc) is 3.15. The van der Waals surface area contributed by atoms with E-state index in [9.17, 15) is 4.39 Å². The molecule has 2 rings (SSSR count). The lowest BCUT2D eigenvalue weighted by Gasteiger charge is -2.19. The van der Waals surface area contributed by atoms with Gasteiger partial charge < -0.3 is 24.8 Å². The molecule has 1 aliphatic rings. The lowest BCUT2D eigenvalue weighted by atomic mass is 10.1. The Morgan fingerprint density at radius 2 is 2.16 bits per heavy atom. The van der Waals surface area contributed by atoms with E-state index in [-0.39, 0.29) is 18.0 Å². The molecule has 2 unspecified atom stereocenters. The first-order chi connectivity index (χ1) is 12.2. The summed E-state index contributed by atoms with van der Waals surface area (Å²) in [5, 5.41) is 6.47. The fraction of sp³-hybridized carbons (Fsp3) is 0.611. The number of nitrogens with one attached hydrogen (secondary N) is 2. The molecule has 25 heavy (non-hydrogen) atoms. The number of halogens is 1. The molecule has 6 nitrogen and oxygen atoms in total.